The Kier molecular flexibility index (Phi) is 5.08. The molecule has 0 spiro atoms. The summed E-state index contributed by atoms with van der Waals surface area (Å²) in [6, 6.07) is 13.0. The summed E-state index contributed by atoms with van der Waals surface area (Å²) >= 11 is 12.3. The van der Waals surface area contributed by atoms with Crippen LogP contribution in [0.25, 0.3) is 0 Å². The van der Waals surface area contributed by atoms with E-state index in [9.17, 15) is 9.59 Å². The molecule has 2 aromatic rings. The van der Waals surface area contributed by atoms with E-state index in [1.54, 1.807) is 4.90 Å². The number of nitrogens with zero attached hydrogens (tertiary/aromatic N) is 1. The molecule has 0 saturated carbocycles. The highest BCUT2D eigenvalue weighted by Gasteiger charge is 2.44. The topological polar surface area (TPSA) is 37.4 Å². The van der Waals surface area contributed by atoms with E-state index in [1.807, 2.05) is 49.4 Å². The van der Waals surface area contributed by atoms with Crippen molar-refractivity contribution in [1.29, 1.82) is 0 Å². The van der Waals surface area contributed by atoms with Crippen LogP contribution < -0.4 is 4.90 Å². The monoisotopic (exact) mass is 427 g/mol. The Bertz CT molecular complexity index is 1040. The molecule has 0 saturated heterocycles. The minimum absolute atomic E-state index is 0.0143. The Morgan fingerprint density at radius 3 is 2.31 bits per heavy atom. The van der Waals surface area contributed by atoms with Gasteiger partial charge in [0, 0.05) is 40.1 Å². The summed E-state index contributed by atoms with van der Waals surface area (Å²) in [6.45, 7) is 6.11. The smallest absolute Gasteiger partial charge is 0.232 e. The molecule has 5 heteroatoms. The number of allylic oxidation sites excluding steroid dienone is 2. The van der Waals surface area contributed by atoms with E-state index in [4.69, 9.17) is 23.2 Å². The minimum atomic E-state index is -0.242. The third-order valence-corrected chi connectivity index (χ3v) is 6.31. The number of ketones is 1. The lowest BCUT2D eigenvalue weighted by atomic mass is 9.69. The summed E-state index contributed by atoms with van der Waals surface area (Å²) in [7, 11) is 0. The summed E-state index contributed by atoms with van der Waals surface area (Å²) in [5.74, 6) is -0.137. The Hall–Kier alpha value is -2.10. The van der Waals surface area contributed by atoms with E-state index < -0.39 is 0 Å². The quantitative estimate of drug-likeness (QED) is 0.550. The molecule has 1 unspecified atom stereocenters. The Morgan fingerprint density at radius 2 is 1.62 bits per heavy atom. The average molecular weight is 428 g/mol. The van der Waals surface area contributed by atoms with Gasteiger partial charge in [0.05, 0.1) is 5.69 Å². The van der Waals surface area contributed by atoms with E-state index in [-0.39, 0.29) is 29.4 Å². The molecule has 0 aromatic heterocycles. The predicted molar refractivity (Wildman–Crippen MR) is 118 cm³/mol. The Balaban J connectivity index is 1.92. The SMILES string of the molecule is Cc1ccc(Cl)cc1N1C(=O)CC(c2ccc(Cl)cc2)C2=C1CC(C)(C)CC2=O. The van der Waals surface area contributed by atoms with Crippen molar-refractivity contribution in [3.05, 3.63) is 74.9 Å². The van der Waals surface area contributed by atoms with Crippen LogP contribution in [-0.2, 0) is 9.59 Å². The molecular formula is C24H23Cl2NO2. The molecule has 1 amide bonds. The van der Waals surface area contributed by atoms with Gasteiger partial charge in [0.25, 0.3) is 0 Å². The van der Waals surface area contributed by atoms with Gasteiger partial charge in [-0.3, -0.25) is 14.5 Å². The van der Waals surface area contributed by atoms with Crippen molar-refractivity contribution in [3.8, 4) is 0 Å². The Labute approximate surface area is 181 Å². The van der Waals surface area contributed by atoms with Crippen molar-refractivity contribution in [2.24, 2.45) is 5.41 Å². The largest absolute Gasteiger partial charge is 0.294 e. The number of hydrogen-bond donors (Lipinski definition) is 0. The summed E-state index contributed by atoms with van der Waals surface area (Å²) < 4.78 is 0. The number of amides is 1. The first-order valence-corrected chi connectivity index (χ1v) is 10.5. The molecule has 0 fully saturated rings. The van der Waals surface area contributed by atoms with Crippen LogP contribution in [0.1, 0.15) is 50.2 Å². The number of aryl methyl sites for hydroxylation is 1. The molecule has 0 bridgehead atoms. The zero-order valence-electron chi connectivity index (χ0n) is 16.8. The summed E-state index contributed by atoms with van der Waals surface area (Å²) in [5.41, 5.74) is 4.03. The fourth-order valence-corrected chi connectivity index (χ4v) is 4.79. The number of halogens is 2. The predicted octanol–water partition coefficient (Wildman–Crippen LogP) is 6.47. The lowest BCUT2D eigenvalue weighted by Gasteiger charge is -2.43. The molecule has 2 aliphatic rings. The number of benzene rings is 2. The molecule has 1 aliphatic carbocycles. The minimum Gasteiger partial charge on any atom is -0.294 e. The van der Waals surface area contributed by atoms with Gasteiger partial charge in [-0.25, -0.2) is 0 Å². The van der Waals surface area contributed by atoms with E-state index in [2.05, 4.69) is 13.8 Å². The van der Waals surface area contributed by atoms with Crippen molar-refractivity contribution in [3.63, 3.8) is 0 Å². The Morgan fingerprint density at radius 1 is 0.966 bits per heavy atom. The third kappa shape index (κ3) is 3.74. The summed E-state index contributed by atoms with van der Waals surface area (Å²) in [5, 5.41) is 1.21. The maximum absolute atomic E-state index is 13.4. The summed E-state index contributed by atoms with van der Waals surface area (Å²) in [6.07, 6.45) is 1.39. The molecule has 2 aromatic carbocycles. The van der Waals surface area contributed by atoms with Gasteiger partial charge in [0.2, 0.25) is 5.91 Å². The highest BCUT2D eigenvalue weighted by molar-refractivity contribution is 6.31. The molecule has 150 valence electrons. The first-order valence-electron chi connectivity index (χ1n) is 9.77. The highest BCUT2D eigenvalue weighted by Crippen LogP contribution is 2.48. The van der Waals surface area contributed by atoms with Gasteiger partial charge in [-0.05, 0) is 54.2 Å². The van der Waals surface area contributed by atoms with Crippen molar-refractivity contribution >= 4 is 40.6 Å². The second-order valence-electron chi connectivity index (χ2n) is 8.77. The van der Waals surface area contributed by atoms with Gasteiger partial charge in [0.1, 0.15) is 0 Å². The van der Waals surface area contributed by atoms with Gasteiger partial charge >= 0.3 is 0 Å². The average Bonchev–Trinajstić information content (AvgIpc) is 2.63. The standard InChI is InChI=1S/C24H23Cl2NO2/c1-14-4-7-17(26)10-19(14)27-20-12-24(2,3)13-21(28)23(20)18(11-22(27)29)15-5-8-16(25)9-6-15/h4-10,18H,11-13H2,1-3H3. The fraction of sp³-hybridized carbons (Fsp3) is 0.333. The van der Waals surface area contributed by atoms with E-state index in [1.165, 1.54) is 0 Å². The fourth-order valence-electron chi connectivity index (χ4n) is 4.50. The molecule has 0 N–H and O–H groups in total. The molecular weight excluding hydrogens is 405 g/mol. The van der Waals surface area contributed by atoms with E-state index >= 15 is 0 Å². The van der Waals surface area contributed by atoms with E-state index in [0.29, 0.717) is 22.9 Å². The van der Waals surface area contributed by atoms with Gasteiger partial charge in [-0.1, -0.05) is 55.2 Å². The lowest BCUT2D eigenvalue weighted by molar-refractivity contribution is -0.121. The third-order valence-electron chi connectivity index (χ3n) is 5.83. The maximum atomic E-state index is 13.4. The van der Waals surface area contributed by atoms with Crippen molar-refractivity contribution < 1.29 is 9.59 Å². The van der Waals surface area contributed by atoms with Crippen LogP contribution in [0.15, 0.2) is 53.7 Å². The zero-order chi connectivity index (χ0) is 20.9. The molecule has 1 atom stereocenters. The van der Waals surface area contributed by atoms with Crippen LogP contribution in [0, 0.1) is 12.3 Å². The van der Waals surface area contributed by atoms with Crippen LogP contribution in [0.5, 0.6) is 0 Å². The van der Waals surface area contributed by atoms with Crippen LogP contribution in [-0.4, -0.2) is 11.7 Å². The second-order valence-corrected chi connectivity index (χ2v) is 9.64. The second kappa shape index (κ2) is 7.30. The number of carbonyl (C=O) groups is 2. The molecule has 0 radical (unpaired) electrons. The number of Topliss-reactive ketones (excluding diaryl/α,β-unsaturated/α-hetero) is 1. The lowest BCUT2D eigenvalue weighted by Crippen LogP contribution is -2.44. The molecule has 29 heavy (non-hydrogen) atoms. The number of rotatable bonds is 2. The highest BCUT2D eigenvalue weighted by atomic mass is 35.5. The number of hydrogen-bond acceptors (Lipinski definition) is 2. The van der Waals surface area contributed by atoms with E-state index in [0.717, 1.165) is 28.1 Å². The van der Waals surface area contributed by atoms with Gasteiger partial charge < -0.3 is 0 Å². The zero-order valence-corrected chi connectivity index (χ0v) is 18.3. The van der Waals surface area contributed by atoms with Crippen molar-refractivity contribution in [2.45, 2.75) is 46.0 Å². The number of carbonyl (C=O) groups excluding carboxylic acids is 2. The van der Waals surface area contributed by atoms with Gasteiger partial charge in [0.15, 0.2) is 5.78 Å². The van der Waals surface area contributed by atoms with Crippen LogP contribution in [0.2, 0.25) is 10.0 Å². The molecule has 1 heterocycles. The summed E-state index contributed by atoms with van der Waals surface area (Å²) in [4.78, 5) is 28.4. The van der Waals surface area contributed by atoms with Gasteiger partial charge in [-0.2, -0.15) is 0 Å². The normalized spacial score (nSPS) is 21.4. The molecule has 4 rings (SSSR count). The maximum Gasteiger partial charge on any atom is 0.232 e. The first kappa shape index (κ1) is 20.2. The van der Waals surface area contributed by atoms with Crippen LogP contribution >= 0.6 is 23.2 Å². The number of anilines is 1. The van der Waals surface area contributed by atoms with Gasteiger partial charge in [-0.15, -0.1) is 0 Å². The van der Waals surface area contributed by atoms with Crippen molar-refractivity contribution in [2.75, 3.05) is 4.90 Å². The first-order chi connectivity index (χ1) is 13.7. The van der Waals surface area contributed by atoms with Crippen LogP contribution in [0.3, 0.4) is 0 Å². The van der Waals surface area contributed by atoms with Crippen LogP contribution in [0.4, 0.5) is 5.69 Å². The molecule has 3 nitrogen and oxygen atoms in total. The molecule has 1 aliphatic heterocycles. The van der Waals surface area contributed by atoms with Crippen molar-refractivity contribution in [1.82, 2.24) is 0 Å².